The summed E-state index contributed by atoms with van der Waals surface area (Å²) in [7, 11) is 0. The van der Waals surface area contributed by atoms with Crippen LogP contribution < -0.4 is 5.32 Å². The van der Waals surface area contributed by atoms with E-state index in [-0.39, 0.29) is 0 Å². The Kier molecular flexibility index (Phi) is 6.30. The quantitative estimate of drug-likeness (QED) is 0.785. The lowest BCUT2D eigenvalue weighted by molar-refractivity contribution is -0.139. The topological polar surface area (TPSA) is 75.6 Å². The third kappa shape index (κ3) is 6.78. The Bertz CT molecular complexity index is 329. The summed E-state index contributed by atoms with van der Waals surface area (Å²) in [6.07, 6.45) is 6.80. The van der Waals surface area contributed by atoms with Crippen LogP contribution in [0, 0.1) is 5.92 Å². The Morgan fingerprint density at radius 3 is 2.40 bits per heavy atom. The largest absolute Gasteiger partial charge is 0.480 e. The SMILES string of the molecule is CC(C)(C)OC(=O)N[C@H](CCCC1CCCC1)C(=O)O. The van der Waals surface area contributed by atoms with Gasteiger partial charge in [-0.15, -0.1) is 0 Å². The summed E-state index contributed by atoms with van der Waals surface area (Å²) < 4.78 is 5.08. The molecule has 5 nitrogen and oxygen atoms in total. The van der Waals surface area contributed by atoms with E-state index in [0.29, 0.717) is 6.42 Å². The number of hydrogen-bond acceptors (Lipinski definition) is 3. The molecule has 1 rings (SSSR count). The molecule has 5 heteroatoms. The average Bonchev–Trinajstić information content (AvgIpc) is 2.77. The molecule has 1 aliphatic rings. The van der Waals surface area contributed by atoms with Gasteiger partial charge in [0, 0.05) is 0 Å². The number of hydrogen-bond donors (Lipinski definition) is 2. The number of carboxylic acids is 1. The van der Waals surface area contributed by atoms with Gasteiger partial charge < -0.3 is 15.2 Å². The van der Waals surface area contributed by atoms with Gasteiger partial charge in [0.2, 0.25) is 0 Å². The van der Waals surface area contributed by atoms with Crippen LogP contribution in [0.4, 0.5) is 4.79 Å². The monoisotopic (exact) mass is 285 g/mol. The molecule has 0 aromatic rings. The van der Waals surface area contributed by atoms with E-state index in [4.69, 9.17) is 9.84 Å². The molecular formula is C15H27NO4. The van der Waals surface area contributed by atoms with E-state index < -0.39 is 23.7 Å². The van der Waals surface area contributed by atoms with Gasteiger partial charge >= 0.3 is 12.1 Å². The van der Waals surface area contributed by atoms with Gasteiger partial charge in [-0.25, -0.2) is 9.59 Å². The average molecular weight is 285 g/mol. The number of nitrogens with one attached hydrogen (secondary N) is 1. The molecule has 116 valence electrons. The summed E-state index contributed by atoms with van der Waals surface area (Å²) in [6.45, 7) is 5.26. The molecule has 2 N–H and O–H groups in total. The molecule has 20 heavy (non-hydrogen) atoms. The number of carbonyl (C=O) groups excluding carboxylic acids is 1. The van der Waals surface area contributed by atoms with Crippen molar-refractivity contribution in [2.24, 2.45) is 5.92 Å². The highest BCUT2D eigenvalue weighted by atomic mass is 16.6. The lowest BCUT2D eigenvalue weighted by Crippen LogP contribution is -2.43. The normalized spacial score (nSPS) is 17.8. The maximum absolute atomic E-state index is 11.6. The first-order valence-corrected chi connectivity index (χ1v) is 7.50. The standard InChI is InChI=1S/C15H27NO4/c1-15(2,3)20-14(19)16-12(13(17)18)10-6-9-11-7-4-5-8-11/h11-12H,4-10H2,1-3H3,(H,16,19)(H,17,18)/t12-/m1/s1. The van der Waals surface area contributed by atoms with Crippen LogP contribution in [0.25, 0.3) is 0 Å². The van der Waals surface area contributed by atoms with E-state index in [2.05, 4.69) is 5.32 Å². The number of ether oxygens (including phenoxy) is 1. The van der Waals surface area contributed by atoms with Gasteiger partial charge in [0.05, 0.1) is 0 Å². The van der Waals surface area contributed by atoms with Gasteiger partial charge in [-0.1, -0.05) is 38.5 Å². The predicted octanol–water partition coefficient (Wildman–Crippen LogP) is 3.32. The van der Waals surface area contributed by atoms with Crippen molar-refractivity contribution in [2.45, 2.75) is 77.4 Å². The second-order valence-corrected chi connectivity index (χ2v) is 6.62. The molecule has 0 unspecified atom stereocenters. The molecule has 0 heterocycles. The zero-order valence-electron chi connectivity index (χ0n) is 12.8. The Hall–Kier alpha value is -1.26. The zero-order chi connectivity index (χ0) is 15.2. The smallest absolute Gasteiger partial charge is 0.408 e. The maximum Gasteiger partial charge on any atom is 0.408 e. The summed E-state index contributed by atoms with van der Waals surface area (Å²) in [6, 6.07) is -0.855. The molecule has 1 saturated carbocycles. The Morgan fingerprint density at radius 2 is 1.90 bits per heavy atom. The van der Waals surface area contributed by atoms with E-state index in [1.807, 2.05) is 0 Å². The maximum atomic E-state index is 11.6. The second-order valence-electron chi connectivity index (χ2n) is 6.62. The molecule has 0 aromatic heterocycles. The Labute approximate surface area is 121 Å². The van der Waals surface area contributed by atoms with Crippen LogP contribution in [0.15, 0.2) is 0 Å². The molecule has 0 spiro atoms. The summed E-state index contributed by atoms with van der Waals surface area (Å²) in [4.78, 5) is 22.8. The minimum atomic E-state index is -0.998. The molecular weight excluding hydrogens is 258 g/mol. The highest BCUT2D eigenvalue weighted by Gasteiger charge is 2.24. The van der Waals surface area contributed by atoms with Crippen LogP contribution in [0.5, 0.6) is 0 Å². The first kappa shape index (κ1) is 16.8. The molecule has 0 aliphatic heterocycles. The lowest BCUT2D eigenvalue weighted by Gasteiger charge is -2.22. The number of amides is 1. The molecule has 1 aliphatic carbocycles. The number of carbonyl (C=O) groups is 2. The fourth-order valence-electron chi connectivity index (χ4n) is 2.62. The van der Waals surface area contributed by atoms with Crippen molar-refractivity contribution >= 4 is 12.1 Å². The molecule has 0 saturated heterocycles. The highest BCUT2D eigenvalue weighted by Crippen LogP contribution is 2.29. The number of alkyl carbamates (subject to hydrolysis) is 1. The Balaban J connectivity index is 2.32. The molecule has 0 aromatic carbocycles. The first-order valence-electron chi connectivity index (χ1n) is 7.50. The van der Waals surface area contributed by atoms with Crippen molar-refractivity contribution in [3.05, 3.63) is 0 Å². The van der Waals surface area contributed by atoms with E-state index in [9.17, 15) is 9.59 Å². The van der Waals surface area contributed by atoms with E-state index in [1.165, 1.54) is 25.7 Å². The van der Waals surface area contributed by atoms with Crippen molar-refractivity contribution in [3.63, 3.8) is 0 Å². The van der Waals surface area contributed by atoms with Crippen molar-refractivity contribution in [1.82, 2.24) is 5.32 Å². The van der Waals surface area contributed by atoms with Crippen molar-refractivity contribution in [1.29, 1.82) is 0 Å². The van der Waals surface area contributed by atoms with Crippen molar-refractivity contribution in [2.75, 3.05) is 0 Å². The third-order valence-electron chi connectivity index (χ3n) is 3.57. The zero-order valence-corrected chi connectivity index (χ0v) is 12.8. The van der Waals surface area contributed by atoms with Crippen LogP contribution in [-0.4, -0.2) is 28.8 Å². The molecule has 0 bridgehead atoms. The number of carboxylic acid groups (broad SMARTS) is 1. The van der Waals surface area contributed by atoms with Gasteiger partial charge in [-0.05, 0) is 33.1 Å². The Morgan fingerprint density at radius 1 is 1.30 bits per heavy atom. The van der Waals surface area contributed by atoms with Gasteiger partial charge in [-0.2, -0.15) is 0 Å². The fourth-order valence-corrected chi connectivity index (χ4v) is 2.62. The van der Waals surface area contributed by atoms with E-state index >= 15 is 0 Å². The predicted molar refractivity (Wildman–Crippen MR) is 76.6 cm³/mol. The van der Waals surface area contributed by atoms with E-state index in [1.54, 1.807) is 20.8 Å². The summed E-state index contributed by atoms with van der Waals surface area (Å²) in [5.41, 5.74) is -0.614. The van der Waals surface area contributed by atoms with Crippen LogP contribution in [0.3, 0.4) is 0 Å². The van der Waals surface area contributed by atoms with Crippen LogP contribution in [-0.2, 0) is 9.53 Å². The number of rotatable bonds is 6. The van der Waals surface area contributed by atoms with Crippen LogP contribution >= 0.6 is 0 Å². The minimum absolute atomic E-state index is 0.463. The first-order chi connectivity index (χ1) is 9.28. The number of aliphatic carboxylic acids is 1. The van der Waals surface area contributed by atoms with Crippen molar-refractivity contribution in [3.8, 4) is 0 Å². The molecule has 1 fully saturated rings. The third-order valence-corrected chi connectivity index (χ3v) is 3.57. The summed E-state index contributed by atoms with van der Waals surface area (Å²) in [5.74, 6) is -0.256. The van der Waals surface area contributed by atoms with Gasteiger partial charge in [0.1, 0.15) is 11.6 Å². The molecule has 0 radical (unpaired) electrons. The van der Waals surface area contributed by atoms with E-state index in [0.717, 1.165) is 18.8 Å². The lowest BCUT2D eigenvalue weighted by atomic mass is 9.98. The second kappa shape index (κ2) is 7.50. The highest BCUT2D eigenvalue weighted by molar-refractivity contribution is 5.79. The van der Waals surface area contributed by atoms with Crippen molar-refractivity contribution < 1.29 is 19.4 Å². The minimum Gasteiger partial charge on any atom is -0.480 e. The van der Waals surface area contributed by atoms with Crippen LogP contribution in [0.1, 0.15) is 65.7 Å². The molecule has 1 amide bonds. The fraction of sp³-hybridized carbons (Fsp3) is 0.867. The van der Waals surface area contributed by atoms with Gasteiger partial charge in [-0.3, -0.25) is 0 Å². The molecule has 1 atom stereocenters. The van der Waals surface area contributed by atoms with Gasteiger partial charge in [0.25, 0.3) is 0 Å². The summed E-state index contributed by atoms with van der Waals surface area (Å²) in [5, 5.41) is 11.6. The van der Waals surface area contributed by atoms with Gasteiger partial charge in [0.15, 0.2) is 0 Å². The summed E-state index contributed by atoms with van der Waals surface area (Å²) >= 11 is 0. The van der Waals surface area contributed by atoms with Crippen LogP contribution in [0.2, 0.25) is 0 Å².